The van der Waals surface area contributed by atoms with Gasteiger partial charge in [-0.2, -0.15) is 0 Å². The van der Waals surface area contributed by atoms with Crippen LogP contribution in [0.25, 0.3) is 53.3 Å². The van der Waals surface area contributed by atoms with Crippen molar-refractivity contribution in [1.29, 1.82) is 0 Å². The van der Waals surface area contributed by atoms with Crippen LogP contribution in [0, 0.1) is 0 Å². The maximum absolute atomic E-state index is 7.32. The van der Waals surface area contributed by atoms with E-state index in [1.54, 1.807) is 0 Å². The van der Waals surface area contributed by atoms with Crippen LogP contribution in [-0.4, -0.2) is 6.71 Å². The van der Waals surface area contributed by atoms with Gasteiger partial charge in [-0.15, -0.1) is 11.3 Å². The molecule has 0 atom stereocenters. The van der Waals surface area contributed by atoms with Gasteiger partial charge in [0.1, 0.15) is 16.8 Å². The Balaban J connectivity index is 1.27. The molecule has 10 aromatic rings. The molecule has 7 heteroatoms. The summed E-state index contributed by atoms with van der Waals surface area (Å²) in [7, 11) is 0. The van der Waals surface area contributed by atoms with Gasteiger partial charge in [-0.1, -0.05) is 72.8 Å². The molecule has 49 heavy (non-hydrogen) atoms. The van der Waals surface area contributed by atoms with Gasteiger partial charge in [-0.05, 0) is 72.2 Å². The lowest BCUT2D eigenvalue weighted by atomic mass is 9.36. The van der Waals surface area contributed by atoms with Crippen molar-refractivity contribution in [2.45, 2.75) is 0 Å². The van der Waals surface area contributed by atoms with E-state index in [4.69, 9.17) is 13.3 Å². The molecule has 228 valence electrons. The molecule has 0 unspecified atom stereocenters. The van der Waals surface area contributed by atoms with Crippen molar-refractivity contribution < 1.29 is 13.3 Å². The van der Waals surface area contributed by atoms with Crippen LogP contribution in [0.1, 0.15) is 0 Å². The number of hydrogen-bond donors (Lipinski definition) is 0. The minimum atomic E-state index is -0.273. The lowest BCUT2D eigenvalue weighted by molar-refractivity contribution is 0.621. The Labute approximate surface area is 283 Å². The minimum Gasteiger partial charge on any atom is -0.467 e. The van der Waals surface area contributed by atoms with Crippen LogP contribution in [0.5, 0.6) is 0 Å². The summed E-state index contributed by atoms with van der Waals surface area (Å²) in [5, 5.41) is 4.42. The van der Waals surface area contributed by atoms with E-state index in [-0.39, 0.29) is 6.71 Å². The summed E-state index contributed by atoms with van der Waals surface area (Å²) in [5.41, 5.74) is 11.6. The van der Waals surface area contributed by atoms with Gasteiger partial charge in [0.15, 0.2) is 11.2 Å². The average molecular weight is 647 g/mol. The summed E-state index contributed by atoms with van der Waals surface area (Å²) in [6.07, 6.45) is 0. The van der Waals surface area contributed by atoms with Gasteiger partial charge in [0.05, 0.1) is 11.1 Å². The van der Waals surface area contributed by atoms with Crippen molar-refractivity contribution >= 4 is 122 Å². The molecule has 0 bridgehead atoms. The molecule has 5 nitrogen and oxygen atoms in total. The van der Waals surface area contributed by atoms with Crippen LogP contribution in [-0.2, 0) is 0 Å². The van der Waals surface area contributed by atoms with Gasteiger partial charge < -0.3 is 18.2 Å². The van der Waals surface area contributed by atoms with Gasteiger partial charge in [-0.3, -0.25) is 4.90 Å². The number of rotatable bonds is 2. The maximum atomic E-state index is 7.32. The van der Waals surface area contributed by atoms with Crippen LogP contribution in [0.2, 0.25) is 0 Å². The van der Waals surface area contributed by atoms with Crippen molar-refractivity contribution in [2.75, 3.05) is 9.80 Å². The molecule has 6 aromatic carbocycles. The first-order chi connectivity index (χ1) is 24.3. The van der Waals surface area contributed by atoms with E-state index in [1.165, 1.54) is 14.8 Å². The fourth-order valence-corrected chi connectivity index (χ4v) is 9.41. The van der Waals surface area contributed by atoms with E-state index in [9.17, 15) is 0 Å². The number of furan rings is 3. The van der Waals surface area contributed by atoms with Crippen LogP contribution in [0.4, 0.5) is 34.3 Å². The van der Waals surface area contributed by atoms with E-state index in [0.717, 1.165) is 89.4 Å². The molecule has 0 saturated heterocycles. The van der Waals surface area contributed by atoms with Crippen molar-refractivity contribution in [2.24, 2.45) is 0 Å². The summed E-state index contributed by atoms with van der Waals surface area (Å²) in [6, 6.07) is 48.9. The lowest BCUT2D eigenvalue weighted by Crippen LogP contribution is -2.60. The number of fused-ring (bicyclic) bond motifs is 14. The summed E-state index contributed by atoms with van der Waals surface area (Å²) in [6.45, 7) is -0.273. The van der Waals surface area contributed by atoms with Gasteiger partial charge >= 0.3 is 6.71 Å². The molecule has 0 aliphatic carbocycles. The zero-order valence-corrected chi connectivity index (χ0v) is 26.7. The molecule has 0 amide bonds. The van der Waals surface area contributed by atoms with Crippen molar-refractivity contribution in [3.05, 3.63) is 140 Å². The molecule has 0 spiro atoms. The highest BCUT2D eigenvalue weighted by atomic mass is 32.1. The topological polar surface area (TPSA) is 45.9 Å². The van der Waals surface area contributed by atoms with Gasteiger partial charge in [0, 0.05) is 53.8 Å². The summed E-state index contributed by atoms with van der Waals surface area (Å²) in [5.74, 6) is 0.756. The van der Waals surface area contributed by atoms with Gasteiger partial charge in [-0.25, -0.2) is 0 Å². The molecule has 4 aromatic heterocycles. The average Bonchev–Trinajstić information content (AvgIpc) is 3.91. The fraction of sp³-hybridized carbons (Fsp3) is 0. The van der Waals surface area contributed by atoms with Crippen molar-refractivity contribution in [3.8, 4) is 0 Å². The van der Waals surface area contributed by atoms with E-state index in [2.05, 4.69) is 125 Å². The summed E-state index contributed by atoms with van der Waals surface area (Å²) in [4.78, 5) is 4.64. The number of anilines is 6. The molecular weight excluding hydrogens is 623 g/mol. The fourth-order valence-electron chi connectivity index (χ4n) is 8.31. The maximum Gasteiger partial charge on any atom is 0.306 e. The van der Waals surface area contributed by atoms with E-state index < -0.39 is 0 Å². The van der Waals surface area contributed by atoms with E-state index >= 15 is 0 Å². The molecule has 12 rings (SSSR count). The quantitative estimate of drug-likeness (QED) is 0.175. The van der Waals surface area contributed by atoms with Crippen molar-refractivity contribution in [3.63, 3.8) is 0 Å². The molecule has 2 aliphatic heterocycles. The number of benzene rings is 6. The van der Waals surface area contributed by atoms with Crippen molar-refractivity contribution in [1.82, 2.24) is 0 Å². The van der Waals surface area contributed by atoms with Crippen LogP contribution < -0.4 is 26.4 Å². The van der Waals surface area contributed by atoms with Gasteiger partial charge in [0.25, 0.3) is 0 Å². The highest BCUT2D eigenvalue weighted by Gasteiger charge is 2.50. The third-order valence-corrected chi connectivity index (χ3v) is 11.4. The Morgan fingerprint density at radius 3 is 1.98 bits per heavy atom. The zero-order chi connectivity index (χ0) is 31.8. The summed E-state index contributed by atoms with van der Waals surface area (Å²) < 4.78 is 23.5. The SMILES string of the molecule is c1ccc(N2c3cccc4c3B(c3oc5c(ccc6sc7ccccc7c65)c3N4c3ccccc3)c3c2oc2c3oc3ccccc32)cc1. The Morgan fingerprint density at radius 2 is 1.16 bits per heavy atom. The lowest BCUT2D eigenvalue weighted by Gasteiger charge is -2.40. The normalized spacial score (nSPS) is 13.6. The molecule has 6 heterocycles. The molecule has 0 N–H and O–H groups in total. The summed E-state index contributed by atoms with van der Waals surface area (Å²) >= 11 is 1.81. The van der Waals surface area contributed by atoms with E-state index in [0.29, 0.717) is 0 Å². The second-order valence-electron chi connectivity index (χ2n) is 12.8. The first-order valence-electron chi connectivity index (χ1n) is 16.5. The first-order valence-corrected chi connectivity index (χ1v) is 17.3. The number of thiophene rings is 1. The molecular formula is C42H23BN2O3S. The predicted molar refractivity (Wildman–Crippen MR) is 203 cm³/mol. The van der Waals surface area contributed by atoms with E-state index in [1.807, 2.05) is 35.6 Å². The minimum absolute atomic E-state index is 0.273. The smallest absolute Gasteiger partial charge is 0.306 e. The Morgan fingerprint density at radius 1 is 0.469 bits per heavy atom. The molecule has 0 radical (unpaired) electrons. The standard InChI is InChI=1S/C42H23BN2O3S/c1-3-12-24(13-4-1)44-29-18-11-19-30-35(29)43(41-37(44)28-22-23-33-34(38(28)47-41)27-17-8-10-21-32(27)49-33)36-40-39(26-16-7-9-20-31(26)46-40)48-42(36)45(30)25-14-5-2-6-15-25/h1-23H. The largest absolute Gasteiger partial charge is 0.467 e. The van der Waals surface area contributed by atoms with Gasteiger partial charge in [0.2, 0.25) is 5.88 Å². The monoisotopic (exact) mass is 646 g/mol. The van der Waals surface area contributed by atoms with Crippen LogP contribution >= 0.6 is 11.3 Å². The van der Waals surface area contributed by atoms with Crippen LogP contribution in [0.15, 0.2) is 153 Å². The Kier molecular flexibility index (Phi) is 4.88. The number of para-hydroxylation sites is 3. The Bertz CT molecular complexity index is 2970. The third kappa shape index (κ3) is 3.25. The second-order valence-corrected chi connectivity index (χ2v) is 13.9. The third-order valence-electron chi connectivity index (χ3n) is 10.3. The second kappa shape index (κ2) is 9.25. The molecule has 0 saturated carbocycles. The number of nitrogens with zero attached hydrogens (tertiary/aromatic N) is 2. The number of hydrogen-bond acceptors (Lipinski definition) is 6. The zero-order valence-electron chi connectivity index (χ0n) is 25.9. The predicted octanol–water partition coefficient (Wildman–Crippen LogP) is 10.4. The Hall–Kier alpha value is -6.18. The molecule has 2 aliphatic rings. The first kappa shape index (κ1) is 25.9. The van der Waals surface area contributed by atoms with Crippen LogP contribution in [0.3, 0.4) is 0 Å². The highest BCUT2D eigenvalue weighted by Crippen LogP contribution is 2.50. The molecule has 0 fully saturated rings. The highest BCUT2D eigenvalue weighted by molar-refractivity contribution is 7.26.